The fraction of sp³-hybridized carbons (Fsp3) is 0.333. The van der Waals surface area contributed by atoms with Crippen LogP contribution in [0.3, 0.4) is 0 Å². The Bertz CT molecular complexity index is 350. The van der Waals surface area contributed by atoms with Crippen LogP contribution in [0.15, 0.2) is 18.5 Å². The van der Waals surface area contributed by atoms with Gasteiger partial charge in [-0.1, -0.05) is 0 Å². The Kier molecular flexibility index (Phi) is 1.28. The number of fused-ring (bicyclic) bond motifs is 1. The standard InChI is InChI=1S/C6H8N4O/c1-2-11-9-4-3-6-5-7-8-10(6)9/h3-5H,2H2,1H3. The molecule has 0 atom stereocenters. The largest absolute Gasteiger partial charge is 0.397 e. The predicted molar refractivity (Wildman–Crippen MR) is 38.1 cm³/mol. The molecule has 0 radical (unpaired) electrons. The highest BCUT2D eigenvalue weighted by atomic mass is 16.7. The first-order valence-electron chi connectivity index (χ1n) is 3.43. The fourth-order valence-corrected chi connectivity index (χ4v) is 0.933. The van der Waals surface area contributed by atoms with E-state index in [4.69, 9.17) is 4.84 Å². The monoisotopic (exact) mass is 152 g/mol. The summed E-state index contributed by atoms with van der Waals surface area (Å²) in [7, 11) is 0. The second-order valence-electron chi connectivity index (χ2n) is 2.08. The van der Waals surface area contributed by atoms with E-state index >= 15 is 0 Å². The lowest BCUT2D eigenvalue weighted by Crippen LogP contribution is -2.15. The maximum atomic E-state index is 5.19. The molecule has 2 heterocycles. The van der Waals surface area contributed by atoms with Crippen molar-refractivity contribution in [2.45, 2.75) is 6.92 Å². The third kappa shape index (κ3) is 0.849. The van der Waals surface area contributed by atoms with Crippen LogP contribution in [-0.2, 0) is 0 Å². The molecule has 58 valence electrons. The minimum absolute atomic E-state index is 0.615. The van der Waals surface area contributed by atoms with Crippen LogP contribution in [0.5, 0.6) is 0 Å². The first kappa shape index (κ1) is 6.21. The molecule has 2 rings (SSSR count). The molecule has 0 spiro atoms. The number of rotatable bonds is 2. The third-order valence-corrected chi connectivity index (χ3v) is 1.38. The molecule has 0 amide bonds. The van der Waals surface area contributed by atoms with E-state index < -0.39 is 0 Å². The van der Waals surface area contributed by atoms with Gasteiger partial charge in [0.1, 0.15) is 12.1 Å². The van der Waals surface area contributed by atoms with Crippen LogP contribution < -0.4 is 4.84 Å². The van der Waals surface area contributed by atoms with Gasteiger partial charge in [0.25, 0.3) is 0 Å². The number of aromatic nitrogens is 4. The Labute approximate surface area is 63.1 Å². The smallest absolute Gasteiger partial charge is 0.114 e. The van der Waals surface area contributed by atoms with E-state index in [1.807, 2.05) is 13.0 Å². The van der Waals surface area contributed by atoms with Crippen molar-refractivity contribution in [2.24, 2.45) is 0 Å². The molecule has 0 saturated heterocycles. The van der Waals surface area contributed by atoms with Crippen LogP contribution in [0, 0.1) is 0 Å². The zero-order valence-corrected chi connectivity index (χ0v) is 6.14. The van der Waals surface area contributed by atoms with Crippen molar-refractivity contribution in [2.75, 3.05) is 6.61 Å². The molecule has 0 aliphatic rings. The van der Waals surface area contributed by atoms with Gasteiger partial charge in [-0.25, -0.2) is 0 Å². The Balaban J connectivity index is 2.51. The Hall–Kier alpha value is -1.52. The lowest BCUT2D eigenvalue weighted by Gasteiger charge is -2.01. The maximum absolute atomic E-state index is 5.19. The molecular weight excluding hydrogens is 144 g/mol. The Morgan fingerprint density at radius 2 is 2.55 bits per heavy atom. The summed E-state index contributed by atoms with van der Waals surface area (Å²) in [5.41, 5.74) is 0.929. The van der Waals surface area contributed by atoms with Gasteiger partial charge < -0.3 is 4.84 Å². The van der Waals surface area contributed by atoms with Gasteiger partial charge in [0, 0.05) is 0 Å². The lowest BCUT2D eigenvalue weighted by atomic mass is 10.6. The van der Waals surface area contributed by atoms with Gasteiger partial charge in [-0.3, -0.25) is 0 Å². The Morgan fingerprint density at radius 1 is 1.64 bits per heavy atom. The quantitative estimate of drug-likeness (QED) is 0.607. The molecule has 0 fully saturated rings. The molecular formula is C6H8N4O. The second kappa shape index (κ2) is 2.26. The highest BCUT2D eigenvalue weighted by molar-refractivity contribution is 5.40. The van der Waals surface area contributed by atoms with Gasteiger partial charge in [0.05, 0.1) is 12.4 Å². The van der Waals surface area contributed by atoms with Gasteiger partial charge in [0.15, 0.2) is 0 Å². The van der Waals surface area contributed by atoms with Crippen molar-refractivity contribution in [1.82, 2.24) is 19.8 Å². The highest BCUT2D eigenvalue weighted by Gasteiger charge is 1.99. The molecule has 0 aliphatic carbocycles. The fourth-order valence-electron chi connectivity index (χ4n) is 0.933. The number of nitrogens with zero attached hydrogens (tertiary/aromatic N) is 4. The summed E-state index contributed by atoms with van der Waals surface area (Å²) in [5.74, 6) is 0. The molecule has 5 heteroatoms. The van der Waals surface area contributed by atoms with Crippen molar-refractivity contribution >= 4 is 5.52 Å². The van der Waals surface area contributed by atoms with E-state index in [9.17, 15) is 0 Å². The van der Waals surface area contributed by atoms with E-state index in [1.165, 1.54) is 0 Å². The van der Waals surface area contributed by atoms with Gasteiger partial charge in [0.2, 0.25) is 0 Å². The topological polar surface area (TPSA) is 44.3 Å². The highest BCUT2D eigenvalue weighted by Crippen LogP contribution is 1.97. The van der Waals surface area contributed by atoms with E-state index in [0.717, 1.165) is 5.52 Å². The van der Waals surface area contributed by atoms with Crippen LogP contribution in [0.1, 0.15) is 6.92 Å². The average Bonchev–Trinajstić information content (AvgIpc) is 2.53. The zero-order chi connectivity index (χ0) is 7.68. The van der Waals surface area contributed by atoms with Gasteiger partial charge in [-0.2, -0.15) is 0 Å². The molecule has 0 aliphatic heterocycles. The first-order chi connectivity index (χ1) is 5.42. The summed E-state index contributed by atoms with van der Waals surface area (Å²) < 4.78 is 1.59. The zero-order valence-electron chi connectivity index (χ0n) is 6.14. The molecule has 0 N–H and O–H groups in total. The van der Waals surface area contributed by atoms with Crippen LogP contribution in [0.25, 0.3) is 5.52 Å². The van der Waals surface area contributed by atoms with Crippen LogP contribution in [0.4, 0.5) is 0 Å². The molecule has 11 heavy (non-hydrogen) atoms. The van der Waals surface area contributed by atoms with Crippen LogP contribution in [-0.4, -0.2) is 26.4 Å². The minimum Gasteiger partial charge on any atom is -0.397 e. The van der Waals surface area contributed by atoms with Gasteiger partial charge in [-0.15, -0.1) is 14.6 Å². The van der Waals surface area contributed by atoms with E-state index in [-0.39, 0.29) is 0 Å². The summed E-state index contributed by atoms with van der Waals surface area (Å²) in [4.78, 5) is 6.74. The van der Waals surface area contributed by atoms with E-state index in [2.05, 4.69) is 10.3 Å². The van der Waals surface area contributed by atoms with Crippen molar-refractivity contribution < 1.29 is 4.84 Å². The third-order valence-electron chi connectivity index (χ3n) is 1.38. The molecule has 2 aromatic rings. The van der Waals surface area contributed by atoms with E-state index in [0.29, 0.717) is 6.61 Å². The van der Waals surface area contributed by atoms with Crippen molar-refractivity contribution in [3.05, 3.63) is 18.5 Å². The van der Waals surface area contributed by atoms with Crippen molar-refractivity contribution in [3.63, 3.8) is 0 Å². The maximum Gasteiger partial charge on any atom is 0.114 e. The minimum atomic E-state index is 0.615. The normalized spacial score (nSPS) is 10.6. The summed E-state index contributed by atoms with van der Waals surface area (Å²) in [5, 5.41) is 7.52. The predicted octanol–water partition coefficient (Wildman–Crippen LogP) is -0.0207. The van der Waals surface area contributed by atoms with Crippen molar-refractivity contribution in [3.8, 4) is 0 Å². The molecule has 0 bridgehead atoms. The number of hydrogen-bond donors (Lipinski definition) is 0. The van der Waals surface area contributed by atoms with Crippen molar-refractivity contribution in [1.29, 1.82) is 0 Å². The lowest BCUT2D eigenvalue weighted by molar-refractivity contribution is 0.0759. The number of hydrogen-bond acceptors (Lipinski definition) is 3. The van der Waals surface area contributed by atoms with Gasteiger partial charge >= 0.3 is 0 Å². The van der Waals surface area contributed by atoms with Crippen LogP contribution >= 0.6 is 0 Å². The first-order valence-corrected chi connectivity index (χ1v) is 3.43. The van der Waals surface area contributed by atoms with Gasteiger partial charge in [-0.05, 0) is 18.2 Å². The molecule has 5 nitrogen and oxygen atoms in total. The molecule has 0 unspecified atom stereocenters. The summed E-state index contributed by atoms with van der Waals surface area (Å²) in [6, 6.07) is 1.88. The van der Waals surface area contributed by atoms with Crippen LogP contribution in [0.2, 0.25) is 0 Å². The SMILES string of the molecule is CCOn1ccc2cnnn21. The summed E-state index contributed by atoms with van der Waals surface area (Å²) in [6.45, 7) is 2.53. The van der Waals surface area contributed by atoms with E-state index in [1.54, 1.807) is 21.9 Å². The summed E-state index contributed by atoms with van der Waals surface area (Å²) in [6.07, 6.45) is 3.48. The second-order valence-corrected chi connectivity index (χ2v) is 2.08. The average molecular weight is 152 g/mol. The molecule has 0 saturated carbocycles. The molecule has 2 aromatic heterocycles. The Morgan fingerprint density at radius 3 is 3.36 bits per heavy atom. The molecule has 0 aromatic carbocycles. The summed E-state index contributed by atoms with van der Waals surface area (Å²) >= 11 is 0.